The van der Waals surface area contributed by atoms with E-state index >= 15 is 0 Å². The molecule has 0 fully saturated rings. The molecule has 276 valence electrons. The van der Waals surface area contributed by atoms with Crippen molar-refractivity contribution >= 4 is 55.8 Å². The Balaban J connectivity index is 2.67. The van der Waals surface area contributed by atoms with Crippen LogP contribution in [0.15, 0.2) is 60.7 Å². The van der Waals surface area contributed by atoms with Gasteiger partial charge in [0.05, 0.1) is 12.2 Å². The van der Waals surface area contributed by atoms with E-state index in [1.807, 2.05) is 0 Å². The topological polar surface area (TPSA) is 27.7 Å². The Kier molecular flexibility index (Phi) is 13.7. The van der Waals surface area contributed by atoms with E-state index < -0.39 is 33.3 Å². The summed E-state index contributed by atoms with van der Waals surface area (Å²) in [6.07, 6.45) is 9.17. The summed E-state index contributed by atoms with van der Waals surface area (Å²) in [7, 11) is -9.05. The predicted octanol–water partition coefficient (Wildman–Crippen LogP) is 12.4. The summed E-state index contributed by atoms with van der Waals surface area (Å²) < 4.78 is 21.5. The first-order valence-corrected chi connectivity index (χ1v) is 29.1. The molecule has 0 heterocycles. The van der Waals surface area contributed by atoms with E-state index in [1.54, 1.807) is 0 Å². The van der Waals surface area contributed by atoms with Crippen molar-refractivity contribution in [3.8, 4) is 0 Å². The first-order valence-electron chi connectivity index (χ1n) is 18.5. The van der Waals surface area contributed by atoms with Crippen molar-refractivity contribution in [1.29, 1.82) is 0 Å². The summed E-state index contributed by atoms with van der Waals surface area (Å²) >= 11 is 0. The number of rotatable bonds is 12. The summed E-state index contributed by atoms with van der Waals surface area (Å²) in [6, 6.07) is 17.9. The average molecular weight is 739 g/mol. The van der Waals surface area contributed by atoms with Crippen molar-refractivity contribution in [1.82, 2.24) is 0 Å². The minimum absolute atomic E-state index is 0.0355. The van der Waals surface area contributed by atoms with Gasteiger partial charge in [-0.15, -0.1) is 0 Å². The normalized spacial score (nSPS) is 18.0. The molecular weight excluding hydrogens is 665 g/mol. The van der Waals surface area contributed by atoms with Crippen molar-refractivity contribution in [2.24, 2.45) is 0 Å². The van der Waals surface area contributed by atoms with E-state index in [0.717, 1.165) is 0 Å². The number of benzene rings is 2. The van der Waals surface area contributed by atoms with Gasteiger partial charge in [0.25, 0.3) is 0 Å². The third kappa shape index (κ3) is 10.4. The van der Waals surface area contributed by atoms with Crippen molar-refractivity contribution in [2.45, 2.75) is 169 Å². The Labute approximate surface area is 307 Å². The molecule has 0 spiro atoms. The van der Waals surface area contributed by atoms with Crippen LogP contribution in [0.1, 0.15) is 108 Å². The van der Waals surface area contributed by atoms with Gasteiger partial charge in [-0.1, -0.05) is 156 Å². The van der Waals surface area contributed by atoms with Gasteiger partial charge in [-0.25, -0.2) is 0 Å². The van der Waals surface area contributed by atoms with Gasteiger partial charge in [0.15, 0.2) is 16.6 Å². The molecule has 2 rings (SSSR count). The molecule has 0 N–H and O–H groups in total. The molecule has 0 amide bonds. The molecule has 2 aromatic carbocycles. The summed E-state index contributed by atoms with van der Waals surface area (Å²) in [4.78, 5) is 0. The monoisotopic (exact) mass is 738 g/mol. The summed E-state index contributed by atoms with van der Waals surface area (Å²) in [5.74, 6) is 0. The second-order valence-corrected chi connectivity index (χ2v) is 38.3. The fourth-order valence-corrected chi connectivity index (χ4v) is 18.8. The first-order chi connectivity index (χ1) is 21.9. The van der Waals surface area contributed by atoms with Gasteiger partial charge in [0, 0.05) is 0 Å². The highest BCUT2D eigenvalue weighted by atomic mass is 28.4. The maximum absolute atomic E-state index is 8.03. The molecular formula is C42H74O3Si4. The molecule has 0 aliphatic rings. The molecule has 0 radical (unpaired) electrons. The van der Waals surface area contributed by atoms with Gasteiger partial charge >= 0.3 is 0 Å². The molecule has 7 heteroatoms. The highest BCUT2D eigenvalue weighted by Crippen LogP contribution is 2.46. The van der Waals surface area contributed by atoms with Crippen LogP contribution >= 0.6 is 0 Å². The molecule has 0 aliphatic heterocycles. The Hall–Kier alpha value is -1.33. The van der Waals surface area contributed by atoms with Crippen molar-refractivity contribution < 1.29 is 13.0 Å². The molecule has 0 bridgehead atoms. The lowest BCUT2D eigenvalue weighted by atomic mass is 10.2. The van der Waals surface area contributed by atoms with Crippen LogP contribution in [0.5, 0.6) is 0 Å². The molecule has 0 saturated carbocycles. The summed E-state index contributed by atoms with van der Waals surface area (Å²) in [5, 5.41) is 2.92. The van der Waals surface area contributed by atoms with Crippen LogP contribution in [-0.2, 0) is 13.0 Å². The second-order valence-electron chi connectivity index (χ2n) is 19.7. The van der Waals surface area contributed by atoms with Gasteiger partial charge in [0.1, 0.15) is 0 Å². The standard InChI is InChI=1S/C42H74O3Si4/c1-33(43-46(15,16)39(3,4)5)29-31-35-25-21-23-27-37(35)48(19,41(9,10)11)45-49(20,42(12,13)14)38-28-24-22-26-36(38)32-30-34(2)44-47(17,18)40(6,7)8/h21-34H,1-20H3/t33-,34-,48?,49?/m1/s1. The predicted molar refractivity (Wildman–Crippen MR) is 229 cm³/mol. The lowest BCUT2D eigenvalue weighted by Crippen LogP contribution is -2.68. The van der Waals surface area contributed by atoms with E-state index in [-0.39, 0.29) is 32.4 Å². The van der Waals surface area contributed by atoms with Crippen LogP contribution in [0.2, 0.25) is 59.4 Å². The van der Waals surface area contributed by atoms with Crippen LogP contribution in [-0.4, -0.2) is 45.5 Å². The van der Waals surface area contributed by atoms with Crippen molar-refractivity contribution in [2.75, 3.05) is 0 Å². The van der Waals surface area contributed by atoms with Crippen molar-refractivity contribution in [3.63, 3.8) is 0 Å². The Morgan fingerprint density at radius 1 is 0.469 bits per heavy atom. The van der Waals surface area contributed by atoms with Gasteiger partial charge in [-0.3, -0.25) is 0 Å². The maximum atomic E-state index is 8.03. The molecule has 0 aromatic heterocycles. The molecule has 49 heavy (non-hydrogen) atoms. The Bertz CT molecular complexity index is 1340. The van der Waals surface area contributed by atoms with E-state index in [1.165, 1.54) is 21.5 Å². The third-order valence-corrected chi connectivity index (χ3v) is 33.0. The zero-order valence-corrected chi connectivity index (χ0v) is 39.3. The molecule has 2 aromatic rings. The minimum atomic E-state index is -2.63. The highest BCUT2D eigenvalue weighted by Gasteiger charge is 2.54. The SMILES string of the molecule is C[C@H](C=Cc1ccccc1[Si](C)(O[Si](C)(c1ccccc1C=C[C@@H](C)O[Si](C)(C)C(C)(C)C)C(C)(C)C)C(C)(C)C)O[Si](C)(C)C(C)(C)C. The molecule has 2 unspecified atom stereocenters. The lowest BCUT2D eigenvalue weighted by Gasteiger charge is -2.51. The minimum Gasteiger partial charge on any atom is -0.448 e. The van der Waals surface area contributed by atoms with E-state index in [9.17, 15) is 0 Å². The highest BCUT2D eigenvalue weighted by molar-refractivity contribution is 7.00. The number of hydrogen-bond donors (Lipinski definition) is 0. The van der Waals surface area contributed by atoms with Crippen LogP contribution in [0, 0.1) is 0 Å². The summed E-state index contributed by atoms with van der Waals surface area (Å²) in [5.41, 5.74) is 2.49. The Morgan fingerprint density at radius 3 is 1.02 bits per heavy atom. The van der Waals surface area contributed by atoms with Crippen LogP contribution in [0.3, 0.4) is 0 Å². The number of hydrogen-bond acceptors (Lipinski definition) is 3. The quantitative estimate of drug-likeness (QED) is 0.203. The lowest BCUT2D eigenvalue weighted by molar-refractivity contribution is 0.244. The fourth-order valence-electron chi connectivity index (χ4n) is 5.63. The van der Waals surface area contributed by atoms with E-state index in [0.29, 0.717) is 0 Å². The van der Waals surface area contributed by atoms with E-state index in [4.69, 9.17) is 13.0 Å². The van der Waals surface area contributed by atoms with Gasteiger partial charge in [0.2, 0.25) is 16.6 Å². The second kappa shape index (κ2) is 15.3. The molecule has 0 aliphatic carbocycles. The zero-order valence-electron chi connectivity index (χ0n) is 35.3. The average Bonchev–Trinajstić information content (AvgIpc) is 2.92. The maximum Gasteiger partial charge on any atom is 0.215 e. The first kappa shape index (κ1) is 43.8. The van der Waals surface area contributed by atoms with Gasteiger partial charge in [-0.05, 0) is 94.8 Å². The van der Waals surface area contributed by atoms with Crippen LogP contribution in [0.4, 0.5) is 0 Å². The summed E-state index contributed by atoms with van der Waals surface area (Å²) in [6.45, 7) is 46.7. The molecule has 0 saturated heterocycles. The van der Waals surface area contributed by atoms with Crippen molar-refractivity contribution in [3.05, 3.63) is 71.8 Å². The van der Waals surface area contributed by atoms with Crippen LogP contribution in [0.25, 0.3) is 12.2 Å². The molecule has 4 atom stereocenters. The van der Waals surface area contributed by atoms with Gasteiger partial charge < -0.3 is 13.0 Å². The zero-order chi connectivity index (χ0) is 38.1. The van der Waals surface area contributed by atoms with E-state index in [2.05, 4.69) is 209 Å². The smallest absolute Gasteiger partial charge is 0.215 e. The van der Waals surface area contributed by atoms with Crippen LogP contribution < -0.4 is 10.4 Å². The third-order valence-electron chi connectivity index (χ3n) is 11.9. The Morgan fingerprint density at radius 2 is 0.755 bits per heavy atom. The fraction of sp³-hybridized carbons (Fsp3) is 0.619. The molecule has 3 nitrogen and oxygen atoms in total. The largest absolute Gasteiger partial charge is 0.448 e. The van der Waals surface area contributed by atoms with Gasteiger partial charge in [-0.2, -0.15) is 0 Å².